The van der Waals surface area contributed by atoms with Crippen LogP contribution in [0, 0.1) is 11.7 Å². The Morgan fingerprint density at radius 3 is 2.32 bits per heavy atom. The molecule has 1 unspecified atom stereocenters. The molecule has 4 rings (SSSR count). The third-order valence-corrected chi connectivity index (χ3v) is 7.11. The van der Waals surface area contributed by atoms with Crippen LogP contribution in [-0.2, 0) is 11.0 Å². The predicted octanol–water partition coefficient (Wildman–Crippen LogP) is 7.09. The van der Waals surface area contributed by atoms with Crippen molar-refractivity contribution in [1.82, 2.24) is 10.3 Å². The van der Waals surface area contributed by atoms with Crippen molar-refractivity contribution in [1.29, 1.82) is 0 Å². The Bertz CT molecular complexity index is 1490. The first-order chi connectivity index (χ1) is 18.0. The molecule has 0 fully saturated rings. The lowest BCUT2D eigenvalue weighted by Gasteiger charge is -2.20. The number of hydrogen-bond donors (Lipinski definition) is 3. The average molecular weight is 546 g/mol. The molecule has 1 amide bonds. The van der Waals surface area contributed by atoms with E-state index in [2.05, 4.69) is 15.6 Å². The first kappa shape index (κ1) is 27.1. The zero-order valence-electron chi connectivity index (χ0n) is 20.3. The second-order valence-corrected chi connectivity index (χ2v) is 9.80. The fourth-order valence-electron chi connectivity index (χ4n) is 3.79. The molecule has 3 aromatic carbocycles. The van der Waals surface area contributed by atoms with E-state index in [0.29, 0.717) is 27.8 Å². The van der Waals surface area contributed by atoms with Gasteiger partial charge in [0.1, 0.15) is 11.9 Å². The minimum atomic E-state index is -4.47. The summed E-state index contributed by atoms with van der Waals surface area (Å²) in [5.41, 5.74) is 1.11. The van der Waals surface area contributed by atoms with Crippen molar-refractivity contribution in [2.24, 2.45) is 5.92 Å². The normalized spacial score (nSPS) is 13.2. The number of thiazole rings is 1. The van der Waals surface area contributed by atoms with Gasteiger partial charge in [0.05, 0.1) is 21.5 Å². The number of aromatic nitrogens is 1. The summed E-state index contributed by atoms with van der Waals surface area (Å²) in [5, 5.41) is 15.0. The van der Waals surface area contributed by atoms with Crippen molar-refractivity contribution in [2.75, 3.05) is 5.32 Å². The zero-order chi connectivity index (χ0) is 27.6. The predicted molar refractivity (Wildman–Crippen MR) is 138 cm³/mol. The topological polar surface area (TPSA) is 91.3 Å². The Kier molecular flexibility index (Phi) is 7.68. The molecule has 6 nitrogen and oxygen atoms in total. The maximum absolute atomic E-state index is 14.9. The first-order valence-electron chi connectivity index (χ1n) is 11.6. The van der Waals surface area contributed by atoms with Crippen molar-refractivity contribution in [3.8, 4) is 11.1 Å². The highest BCUT2D eigenvalue weighted by atomic mass is 32.1. The second kappa shape index (κ2) is 10.8. The fraction of sp³-hybridized carbons (Fsp3) is 0.222. The number of carbonyl (C=O) groups excluding carboxylic acids is 1. The molecule has 0 spiro atoms. The third kappa shape index (κ3) is 5.94. The number of nitrogens with zero attached hydrogens (tertiary/aromatic N) is 1. The third-order valence-electron chi connectivity index (χ3n) is 6.17. The number of alkyl halides is 3. The number of anilines is 2. The summed E-state index contributed by atoms with van der Waals surface area (Å²) in [6.45, 7) is 3.59. The summed E-state index contributed by atoms with van der Waals surface area (Å²) in [5.74, 6) is -2.47. The van der Waals surface area contributed by atoms with Crippen LogP contribution in [0.15, 0.2) is 60.7 Å². The lowest BCUT2D eigenvalue weighted by Crippen LogP contribution is -2.45. The Balaban J connectivity index is 1.48. The van der Waals surface area contributed by atoms with Gasteiger partial charge in [0.2, 0.25) is 0 Å². The summed E-state index contributed by atoms with van der Waals surface area (Å²) in [7, 11) is 0. The second-order valence-electron chi connectivity index (χ2n) is 8.77. The molecular weight excluding hydrogens is 522 g/mol. The van der Waals surface area contributed by atoms with Crippen molar-refractivity contribution >= 4 is 44.2 Å². The summed E-state index contributed by atoms with van der Waals surface area (Å²) in [6, 6.07) is 13.0. The highest BCUT2D eigenvalue weighted by Crippen LogP contribution is 2.35. The number of aliphatic carboxylic acids is 1. The van der Waals surface area contributed by atoms with Gasteiger partial charge in [0, 0.05) is 5.56 Å². The standard InChI is InChI=1S/C27H23F4N3O3S/c1-3-14(2)23(25(36)37)34-24(35)16-6-4-15(5-7-16)17-8-10-20(19(28)12-17)32-26-33-21-11-9-18(27(29,30)31)13-22(21)38-26/h4-14,23H,3H2,1-2H3,(H,32,33)(H,34,35)(H,36,37)/t14?,23-/m0/s1. The van der Waals surface area contributed by atoms with E-state index in [0.717, 1.165) is 23.5 Å². The maximum Gasteiger partial charge on any atom is 0.416 e. The molecule has 1 aromatic heterocycles. The Morgan fingerprint density at radius 2 is 1.71 bits per heavy atom. The fourth-order valence-corrected chi connectivity index (χ4v) is 4.70. The van der Waals surface area contributed by atoms with Crippen molar-refractivity contribution in [3.63, 3.8) is 0 Å². The number of nitrogens with one attached hydrogen (secondary N) is 2. The molecule has 4 aromatic rings. The van der Waals surface area contributed by atoms with E-state index in [1.54, 1.807) is 25.1 Å². The van der Waals surface area contributed by atoms with Crippen LogP contribution in [0.3, 0.4) is 0 Å². The highest BCUT2D eigenvalue weighted by Gasteiger charge is 2.31. The number of carboxylic acids is 1. The molecule has 2 atom stereocenters. The highest BCUT2D eigenvalue weighted by molar-refractivity contribution is 7.22. The van der Waals surface area contributed by atoms with E-state index >= 15 is 0 Å². The van der Waals surface area contributed by atoms with E-state index in [1.807, 2.05) is 6.92 Å². The van der Waals surface area contributed by atoms with Gasteiger partial charge in [0.15, 0.2) is 5.13 Å². The first-order valence-corrected chi connectivity index (χ1v) is 12.5. The van der Waals surface area contributed by atoms with Crippen molar-refractivity contribution < 1.29 is 32.3 Å². The lowest BCUT2D eigenvalue weighted by molar-refractivity contribution is -0.140. The number of carboxylic acid groups (broad SMARTS) is 1. The van der Waals surface area contributed by atoms with E-state index in [9.17, 15) is 32.3 Å². The molecule has 0 aliphatic carbocycles. The molecule has 3 N–H and O–H groups in total. The van der Waals surface area contributed by atoms with Crippen LogP contribution in [0.5, 0.6) is 0 Å². The van der Waals surface area contributed by atoms with Gasteiger partial charge in [-0.05, 0) is 59.5 Å². The SMILES string of the molecule is CCC(C)[C@H](NC(=O)c1ccc(-c2ccc(Nc3nc4ccc(C(F)(F)F)cc4s3)c(F)c2)cc1)C(=O)O. The van der Waals surface area contributed by atoms with Crippen molar-refractivity contribution in [3.05, 3.63) is 77.6 Å². The van der Waals surface area contributed by atoms with E-state index in [-0.39, 0.29) is 22.3 Å². The van der Waals surface area contributed by atoms with Crippen LogP contribution in [0.4, 0.5) is 28.4 Å². The van der Waals surface area contributed by atoms with E-state index < -0.39 is 35.5 Å². The molecule has 0 bridgehead atoms. The van der Waals surface area contributed by atoms with Crippen molar-refractivity contribution in [2.45, 2.75) is 32.5 Å². The molecule has 0 saturated heterocycles. The van der Waals surface area contributed by atoms with E-state index in [1.165, 1.54) is 30.3 Å². The molecule has 0 radical (unpaired) electrons. The number of amides is 1. The van der Waals surface area contributed by atoms with Crippen LogP contribution in [-0.4, -0.2) is 28.0 Å². The van der Waals surface area contributed by atoms with Gasteiger partial charge in [0.25, 0.3) is 5.91 Å². The maximum atomic E-state index is 14.9. The minimum Gasteiger partial charge on any atom is -0.480 e. The Morgan fingerprint density at radius 1 is 1.03 bits per heavy atom. The van der Waals surface area contributed by atoms with Crippen LogP contribution < -0.4 is 10.6 Å². The molecule has 0 aliphatic rings. The van der Waals surface area contributed by atoms with Gasteiger partial charge >= 0.3 is 12.1 Å². The summed E-state index contributed by atoms with van der Waals surface area (Å²) in [6.07, 6.45) is -3.88. The van der Waals surface area contributed by atoms with Gasteiger partial charge in [-0.15, -0.1) is 0 Å². The monoisotopic (exact) mass is 545 g/mol. The number of carbonyl (C=O) groups is 2. The Hall–Kier alpha value is -3.99. The Labute approximate surface area is 219 Å². The number of fused-ring (bicyclic) bond motifs is 1. The van der Waals surface area contributed by atoms with Crippen LogP contribution >= 0.6 is 11.3 Å². The summed E-state index contributed by atoms with van der Waals surface area (Å²) in [4.78, 5) is 28.2. The number of benzene rings is 3. The average Bonchev–Trinajstić information content (AvgIpc) is 3.29. The number of rotatable bonds is 8. The van der Waals surface area contributed by atoms with Gasteiger partial charge in [-0.1, -0.05) is 49.8 Å². The van der Waals surface area contributed by atoms with Crippen LogP contribution in [0.2, 0.25) is 0 Å². The van der Waals surface area contributed by atoms with Crippen LogP contribution in [0.1, 0.15) is 36.2 Å². The molecular formula is C27H23F4N3O3S. The van der Waals surface area contributed by atoms with E-state index in [4.69, 9.17) is 0 Å². The van der Waals surface area contributed by atoms with Gasteiger partial charge in [-0.3, -0.25) is 4.79 Å². The van der Waals surface area contributed by atoms with Gasteiger partial charge < -0.3 is 15.7 Å². The molecule has 0 saturated carbocycles. The molecule has 38 heavy (non-hydrogen) atoms. The quantitative estimate of drug-likeness (QED) is 0.206. The molecule has 0 aliphatic heterocycles. The van der Waals surface area contributed by atoms with Gasteiger partial charge in [-0.2, -0.15) is 13.2 Å². The molecule has 1 heterocycles. The van der Waals surface area contributed by atoms with Crippen LogP contribution in [0.25, 0.3) is 21.3 Å². The van der Waals surface area contributed by atoms with Gasteiger partial charge in [-0.25, -0.2) is 14.2 Å². The number of hydrogen-bond acceptors (Lipinski definition) is 5. The smallest absolute Gasteiger partial charge is 0.416 e. The zero-order valence-corrected chi connectivity index (χ0v) is 21.1. The largest absolute Gasteiger partial charge is 0.480 e. The summed E-state index contributed by atoms with van der Waals surface area (Å²) < 4.78 is 54.1. The minimum absolute atomic E-state index is 0.101. The molecule has 198 valence electrons. The lowest BCUT2D eigenvalue weighted by atomic mass is 9.98. The summed E-state index contributed by atoms with van der Waals surface area (Å²) >= 11 is 0.981. The number of halogens is 4. The molecule has 11 heteroatoms.